The Hall–Kier alpha value is -2.60. The Labute approximate surface area is 160 Å². The fourth-order valence-corrected chi connectivity index (χ4v) is 3.75. The molecule has 0 spiro atoms. The molecule has 1 aliphatic carbocycles. The lowest BCUT2D eigenvalue weighted by atomic mass is 9.92. The number of hydrogen-bond acceptors (Lipinski definition) is 5. The van der Waals surface area contributed by atoms with Crippen molar-refractivity contribution < 1.29 is 0 Å². The molecule has 0 saturated heterocycles. The van der Waals surface area contributed by atoms with Gasteiger partial charge in [-0.25, -0.2) is 9.50 Å². The minimum absolute atomic E-state index is 0.347. The van der Waals surface area contributed by atoms with E-state index in [1.54, 1.807) is 6.20 Å². The van der Waals surface area contributed by atoms with Crippen molar-refractivity contribution in [3.05, 3.63) is 48.3 Å². The first kappa shape index (κ1) is 17.8. The van der Waals surface area contributed by atoms with Crippen molar-refractivity contribution in [2.75, 3.05) is 10.6 Å². The van der Waals surface area contributed by atoms with Crippen LogP contribution in [0.4, 0.5) is 17.2 Å². The standard InChI is InChI=1S/C21H28N6/c1-2-3-15-4-8-17(9-5-15)24-19-14-20(26-27-13-12-23-21(19)27)25-18-10-6-16(22)7-11-18/h4-5,8-9,12-14,16,18,24H,2-3,6-7,10-11,22H2,1H3,(H,25,26). The number of nitrogens with two attached hydrogens (primary N) is 1. The van der Waals surface area contributed by atoms with Crippen molar-refractivity contribution in [2.45, 2.75) is 57.5 Å². The number of aryl methyl sites for hydroxylation is 1. The topological polar surface area (TPSA) is 80.3 Å². The van der Waals surface area contributed by atoms with E-state index in [0.717, 1.165) is 61.4 Å². The van der Waals surface area contributed by atoms with Gasteiger partial charge in [-0.15, -0.1) is 5.10 Å². The molecule has 1 aliphatic rings. The largest absolute Gasteiger partial charge is 0.366 e. The summed E-state index contributed by atoms with van der Waals surface area (Å²) in [6, 6.07) is 11.4. The predicted molar refractivity (Wildman–Crippen MR) is 111 cm³/mol. The summed E-state index contributed by atoms with van der Waals surface area (Å²) in [5, 5.41) is 11.7. The lowest BCUT2D eigenvalue weighted by Gasteiger charge is -2.27. The fraction of sp³-hybridized carbons (Fsp3) is 0.429. The molecule has 0 bridgehead atoms. The summed E-state index contributed by atoms with van der Waals surface area (Å²) in [4.78, 5) is 4.45. The van der Waals surface area contributed by atoms with Crippen LogP contribution in [0.25, 0.3) is 5.65 Å². The van der Waals surface area contributed by atoms with Crippen molar-refractivity contribution >= 4 is 22.8 Å². The van der Waals surface area contributed by atoms with Crippen molar-refractivity contribution in [3.63, 3.8) is 0 Å². The van der Waals surface area contributed by atoms with Crippen LogP contribution in [0.1, 0.15) is 44.6 Å². The van der Waals surface area contributed by atoms with Crippen LogP contribution in [0.3, 0.4) is 0 Å². The number of hydrogen-bond donors (Lipinski definition) is 3. The first-order chi connectivity index (χ1) is 13.2. The lowest BCUT2D eigenvalue weighted by Crippen LogP contribution is -2.33. The molecular weight excluding hydrogens is 336 g/mol. The zero-order valence-corrected chi connectivity index (χ0v) is 15.9. The van der Waals surface area contributed by atoms with Gasteiger partial charge in [0.1, 0.15) is 5.82 Å². The Balaban J connectivity index is 1.55. The van der Waals surface area contributed by atoms with Crippen LogP contribution in [0.15, 0.2) is 42.7 Å². The number of anilines is 3. The molecule has 2 heterocycles. The summed E-state index contributed by atoms with van der Waals surface area (Å²) in [6.07, 6.45) is 10.2. The van der Waals surface area contributed by atoms with Gasteiger partial charge in [0.15, 0.2) is 5.65 Å². The first-order valence-corrected chi connectivity index (χ1v) is 9.93. The SMILES string of the molecule is CCCc1ccc(Nc2cc(NC3CCC(N)CC3)nn3ccnc23)cc1. The van der Waals surface area contributed by atoms with Crippen molar-refractivity contribution in [2.24, 2.45) is 5.73 Å². The van der Waals surface area contributed by atoms with Gasteiger partial charge in [-0.1, -0.05) is 25.5 Å². The second kappa shape index (κ2) is 7.96. The van der Waals surface area contributed by atoms with Gasteiger partial charge in [0.2, 0.25) is 0 Å². The van der Waals surface area contributed by atoms with Crippen LogP contribution in [-0.4, -0.2) is 26.7 Å². The van der Waals surface area contributed by atoms with Crippen LogP contribution in [0.5, 0.6) is 0 Å². The molecule has 2 aromatic heterocycles. The molecule has 27 heavy (non-hydrogen) atoms. The van der Waals surface area contributed by atoms with Crippen LogP contribution in [0.2, 0.25) is 0 Å². The molecule has 6 heteroatoms. The molecule has 0 atom stereocenters. The molecule has 0 unspecified atom stereocenters. The van der Waals surface area contributed by atoms with Gasteiger partial charge in [0, 0.05) is 36.2 Å². The summed E-state index contributed by atoms with van der Waals surface area (Å²) < 4.78 is 1.82. The Morgan fingerprint density at radius 2 is 1.93 bits per heavy atom. The Bertz CT molecular complexity index is 877. The van der Waals surface area contributed by atoms with E-state index < -0.39 is 0 Å². The number of benzene rings is 1. The highest BCUT2D eigenvalue weighted by molar-refractivity contribution is 5.75. The molecule has 0 amide bonds. The van der Waals surface area contributed by atoms with E-state index in [4.69, 9.17) is 5.73 Å². The van der Waals surface area contributed by atoms with Gasteiger partial charge in [-0.3, -0.25) is 0 Å². The number of aromatic nitrogens is 3. The van der Waals surface area contributed by atoms with Crippen LogP contribution < -0.4 is 16.4 Å². The lowest BCUT2D eigenvalue weighted by molar-refractivity contribution is 0.410. The summed E-state index contributed by atoms with van der Waals surface area (Å²) >= 11 is 0. The number of imidazole rings is 1. The fourth-order valence-electron chi connectivity index (χ4n) is 3.75. The van der Waals surface area contributed by atoms with E-state index in [1.165, 1.54) is 5.56 Å². The van der Waals surface area contributed by atoms with Gasteiger partial charge in [0.25, 0.3) is 0 Å². The average molecular weight is 364 g/mol. The zero-order valence-electron chi connectivity index (χ0n) is 15.9. The Morgan fingerprint density at radius 1 is 1.15 bits per heavy atom. The van der Waals surface area contributed by atoms with Gasteiger partial charge in [0.05, 0.1) is 5.69 Å². The van der Waals surface area contributed by atoms with E-state index in [-0.39, 0.29) is 0 Å². The third kappa shape index (κ3) is 4.22. The molecule has 1 aromatic carbocycles. The molecule has 0 aliphatic heterocycles. The summed E-state index contributed by atoms with van der Waals surface area (Å²) in [7, 11) is 0. The number of nitrogens with zero attached hydrogens (tertiary/aromatic N) is 3. The summed E-state index contributed by atoms with van der Waals surface area (Å²) in [5.41, 5.74) is 10.2. The minimum atomic E-state index is 0.347. The highest BCUT2D eigenvalue weighted by Crippen LogP contribution is 2.26. The molecule has 4 rings (SSSR count). The third-order valence-corrected chi connectivity index (χ3v) is 5.25. The highest BCUT2D eigenvalue weighted by Gasteiger charge is 2.19. The smallest absolute Gasteiger partial charge is 0.177 e. The van der Waals surface area contributed by atoms with Gasteiger partial charge < -0.3 is 16.4 Å². The highest BCUT2D eigenvalue weighted by atomic mass is 15.3. The first-order valence-electron chi connectivity index (χ1n) is 9.93. The molecule has 1 saturated carbocycles. The van der Waals surface area contributed by atoms with Crippen LogP contribution in [0, 0.1) is 0 Å². The average Bonchev–Trinajstić information content (AvgIpc) is 3.14. The van der Waals surface area contributed by atoms with Crippen LogP contribution in [-0.2, 0) is 6.42 Å². The Kier molecular flexibility index (Phi) is 5.25. The monoisotopic (exact) mass is 364 g/mol. The van der Waals surface area contributed by atoms with E-state index in [2.05, 4.69) is 58.0 Å². The molecule has 6 nitrogen and oxygen atoms in total. The van der Waals surface area contributed by atoms with Crippen molar-refractivity contribution in [1.82, 2.24) is 14.6 Å². The third-order valence-electron chi connectivity index (χ3n) is 5.25. The molecule has 142 valence electrons. The number of nitrogens with one attached hydrogen (secondary N) is 2. The molecule has 3 aromatic rings. The predicted octanol–water partition coefficient (Wildman–Crippen LogP) is 4.11. The Morgan fingerprint density at radius 3 is 2.67 bits per heavy atom. The second-order valence-electron chi connectivity index (χ2n) is 7.47. The van der Waals surface area contributed by atoms with E-state index in [9.17, 15) is 0 Å². The summed E-state index contributed by atoms with van der Waals surface area (Å²) in [6.45, 7) is 2.20. The van der Waals surface area contributed by atoms with E-state index in [1.807, 2.05) is 10.7 Å². The maximum absolute atomic E-state index is 6.02. The van der Waals surface area contributed by atoms with E-state index >= 15 is 0 Å². The molecule has 4 N–H and O–H groups in total. The zero-order chi connectivity index (χ0) is 18.6. The van der Waals surface area contributed by atoms with Crippen molar-refractivity contribution in [1.29, 1.82) is 0 Å². The number of rotatable bonds is 6. The second-order valence-corrected chi connectivity index (χ2v) is 7.47. The van der Waals surface area contributed by atoms with Gasteiger partial charge >= 0.3 is 0 Å². The maximum atomic E-state index is 6.02. The number of fused-ring (bicyclic) bond motifs is 1. The summed E-state index contributed by atoms with van der Waals surface area (Å²) in [5.74, 6) is 0.867. The van der Waals surface area contributed by atoms with Gasteiger partial charge in [-0.2, -0.15) is 0 Å². The maximum Gasteiger partial charge on any atom is 0.177 e. The minimum Gasteiger partial charge on any atom is -0.366 e. The van der Waals surface area contributed by atoms with Gasteiger partial charge in [-0.05, 0) is 49.8 Å². The van der Waals surface area contributed by atoms with Crippen molar-refractivity contribution in [3.8, 4) is 0 Å². The normalized spacial score (nSPS) is 19.9. The molecular formula is C21H28N6. The van der Waals surface area contributed by atoms with Crippen LogP contribution >= 0.6 is 0 Å². The molecule has 0 radical (unpaired) electrons. The van der Waals surface area contributed by atoms with E-state index in [0.29, 0.717) is 12.1 Å². The molecule has 1 fully saturated rings. The quantitative estimate of drug-likeness (QED) is 0.613.